The molecule has 0 atom stereocenters. The smallest absolute Gasteiger partial charge is 0.307 e. The summed E-state index contributed by atoms with van der Waals surface area (Å²) >= 11 is 0. The first-order chi connectivity index (χ1) is 10.8. The van der Waals surface area contributed by atoms with E-state index in [1.54, 1.807) is 0 Å². The Labute approximate surface area is 138 Å². The van der Waals surface area contributed by atoms with Crippen molar-refractivity contribution in [1.82, 2.24) is 0 Å². The van der Waals surface area contributed by atoms with Crippen LogP contribution in [-0.2, 0) is 9.53 Å². The molecule has 3 heteroatoms. The van der Waals surface area contributed by atoms with E-state index in [0.717, 1.165) is 6.42 Å². The summed E-state index contributed by atoms with van der Waals surface area (Å²) in [5, 5.41) is 0. The second-order valence-electron chi connectivity index (χ2n) is 6.36. The van der Waals surface area contributed by atoms with E-state index in [2.05, 4.69) is 6.92 Å². The van der Waals surface area contributed by atoms with E-state index >= 15 is 0 Å². The average molecular weight is 314 g/mol. The molecule has 0 aromatic carbocycles. The summed E-state index contributed by atoms with van der Waals surface area (Å²) in [6, 6.07) is 0. The Bertz CT molecular complexity index is 231. The molecule has 0 fully saturated rings. The van der Waals surface area contributed by atoms with Crippen LogP contribution in [0.25, 0.3) is 0 Å². The van der Waals surface area contributed by atoms with Crippen molar-refractivity contribution in [1.29, 1.82) is 0 Å². The molecule has 0 amide bonds. The lowest BCUT2D eigenvalue weighted by molar-refractivity contribution is -0.143. The van der Waals surface area contributed by atoms with Crippen molar-refractivity contribution in [3.05, 3.63) is 0 Å². The van der Waals surface area contributed by atoms with Crippen molar-refractivity contribution in [2.45, 2.75) is 103 Å². The fourth-order valence-corrected chi connectivity index (χ4v) is 2.67. The zero-order valence-corrected chi connectivity index (χ0v) is 14.9. The first-order valence-electron chi connectivity index (χ1n) is 9.67. The Kier molecular flexibility index (Phi) is 18.0. The van der Waals surface area contributed by atoms with Crippen LogP contribution in [0.1, 0.15) is 103 Å². The standard InChI is InChI=1S/C19H39NO2/c1-2-3-4-5-6-7-8-9-10-11-12-13-14-15-18-22-19(21)16-17-20/h2-18,20H2,1H3. The van der Waals surface area contributed by atoms with Gasteiger partial charge in [-0.2, -0.15) is 0 Å². The number of rotatable bonds is 17. The van der Waals surface area contributed by atoms with Crippen molar-refractivity contribution in [2.24, 2.45) is 5.73 Å². The number of carbonyl (C=O) groups excluding carboxylic acids is 1. The SMILES string of the molecule is CCCCCCCCCCCCCCCCOC(=O)CCN. The van der Waals surface area contributed by atoms with E-state index in [9.17, 15) is 4.79 Å². The number of hydrogen-bond acceptors (Lipinski definition) is 3. The Balaban J connectivity index is 3.01. The minimum atomic E-state index is -0.155. The highest BCUT2D eigenvalue weighted by Gasteiger charge is 1.99. The molecule has 0 heterocycles. The van der Waals surface area contributed by atoms with Crippen LogP contribution >= 0.6 is 0 Å². The van der Waals surface area contributed by atoms with Gasteiger partial charge in [0.2, 0.25) is 0 Å². The van der Waals surface area contributed by atoms with Crippen molar-refractivity contribution in [2.75, 3.05) is 13.2 Å². The minimum Gasteiger partial charge on any atom is -0.466 e. The molecule has 0 aliphatic rings. The summed E-state index contributed by atoms with van der Waals surface area (Å²) in [7, 11) is 0. The number of esters is 1. The molecule has 0 aromatic heterocycles. The van der Waals surface area contributed by atoms with Gasteiger partial charge in [0.05, 0.1) is 13.0 Å². The number of nitrogens with two attached hydrogens (primary N) is 1. The van der Waals surface area contributed by atoms with Crippen molar-refractivity contribution in [3.8, 4) is 0 Å². The van der Waals surface area contributed by atoms with Gasteiger partial charge in [0.15, 0.2) is 0 Å². The normalized spacial score (nSPS) is 10.8. The van der Waals surface area contributed by atoms with Gasteiger partial charge in [-0.05, 0) is 6.42 Å². The molecule has 3 nitrogen and oxygen atoms in total. The quantitative estimate of drug-likeness (QED) is 0.290. The molecule has 0 aliphatic carbocycles. The van der Waals surface area contributed by atoms with Gasteiger partial charge in [0, 0.05) is 6.54 Å². The fourth-order valence-electron chi connectivity index (χ4n) is 2.67. The molecule has 132 valence electrons. The first-order valence-corrected chi connectivity index (χ1v) is 9.67. The van der Waals surface area contributed by atoms with Gasteiger partial charge < -0.3 is 10.5 Å². The number of hydrogen-bond donors (Lipinski definition) is 1. The van der Waals surface area contributed by atoms with Crippen LogP contribution in [0.2, 0.25) is 0 Å². The maximum atomic E-state index is 11.1. The van der Waals surface area contributed by atoms with E-state index in [4.69, 9.17) is 10.5 Å². The lowest BCUT2D eigenvalue weighted by atomic mass is 10.0. The first kappa shape index (κ1) is 21.4. The largest absolute Gasteiger partial charge is 0.466 e. The third kappa shape index (κ3) is 17.5. The van der Waals surface area contributed by atoms with Crippen LogP contribution in [-0.4, -0.2) is 19.1 Å². The lowest BCUT2D eigenvalue weighted by Crippen LogP contribution is -2.11. The molecule has 2 N–H and O–H groups in total. The van der Waals surface area contributed by atoms with Gasteiger partial charge in [-0.15, -0.1) is 0 Å². The summed E-state index contributed by atoms with van der Waals surface area (Å²) in [6.45, 7) is 3.23. The molecule has 0 spiro atoms. The molecule has 0 saturated carbocycles. The highest BCUT2D eigenvalue weighted by atomic mass is 16.5. The van der Waals surface area contributed by atoms with Crippen LogP contribution in [0, 0.1) is 0 Å². The number of unbranched alkanes of at least 4 members (excludes halogenated alkanes) is 13. The van der Waals surface area contributed by atoms with E-state index in [-0.39, 0.29) is 5.97 Å². The topological polar surface area (TPSA) is 52.3 Å². The maximum Gasteiger partial charge on any atom is 0.307 e. The van der Waals surface area contributed by atoms with Gasteiger partial charge in [0.25, 0.3) is 0 Å². The third-order valence-corrected chi connectivity index (χ3v) is 4.11. The van der Waals surface area contributed by atoms with Gasteiger partial charge in [-0.3, -0.25) is 4.79 Å². The van der Waals surface area contributed by atoms with Crippen LogP contribution in [0.15, 0.2) is 0 Å². The fraction of sp³-hybridized carbons (Fsp3) is 0.947. The number of ether oxygens (including phenoxy) is 1. The van der Waals surface area contributed by atoms with Gasteiger partial charge in [-0.25, -0.2) is 0 Å². The predicted octanol–water partition coefficient (Wildman–Crippen LogP) is 5.36. The molecule has 0 radical (unpaired) electrons. The molecular formula is C19H39NO2. The van der Waals surface area contributed by atoms with Crippen molar-refractivity contribution in [3.63, 3.8) is 0 Å². The zero-order chi connectivity index (χ0) is 16.3. The molecule has 0 bridgehead atoms. The maximum absolute atomic E-state index is 11.1. The minimum absolute atomic E-state index is 0.155. The van der Waals surface area contributed by atoms with E-state index < -0.39 is 0 Å². The molecule has 0 aromatic rings. The summed E-state index contributed by atoms with van der Waals surface area (Å²) in [4.78, 5) is 11.1. The summed E-state index contributed by atoms with van der Waals surface area (Å²) in [5.74, 6) is -0.155. The van der Waals surface area contributed by atoms with E-state index in [0.29, 0.717) is 19.6 Å². The van der Waals surface area contributed by atoms with E-state index in [1.807, 2.05) is 0 Å². The number of carbonyl (C=O) groups is 1. The lowest BCUT2D eigenvalue weighted by Gasteiger charge is -2.04. The Morgan fingerprint density at radius 1 is 0.727 bits per heavy atom. The Hall–Kier alpha value is -0.570. The Morgan fingerprint density at radius 3 is 1.55 bits per heavy atom. The van der Waals surface area contributed by atoms with Crippen LogP contribution in [0.4, 0.5) is 0 Å². The predicted molar refractivity (Wildman–Crippen MR) is 94.9 cm³/mol. The van der Waals surface area contributed by atoms with Crippen LogP contribution < -0.4 is 5.73 Å². The Morgan fingerprint density at radius 2 is 1.14 bits per heavy atom. The van der Waals surface area contributed by atoms with Gasteiger partial charge in [0.1, 0.15) is 0 Å². The second-order valence-corrected chi connectivity index (χ2v) is 6.36. The van der Waals surface area contributed by atoms with Gasteiger partial charge >= 0.3 is 5.97 Å². The monoisotopic (exact) mass is 313 g/mol. The molecule has 0 aliphatic heterocycles. The molecule has 22 heavy (non-hydrogen) atoms. The van der Waals surface area contributed by atoms with Crippen LogP contribution in [0.5, 0.6) is 0 Å². The van der Waals surface area contributed by atoms with Crippen molar-refractivity contribution >= 4 is 5.97 Å². The summed E-state index contributed by atoms with van der Waals surface area (Å²) in [5.41, 5.74) is 5.28. The average Bonchev–Trinajstić information content (AvgIpc) is 2.51. The van der Waals surface area contributed by atoms with E-state index in [1.165, 1.54) is 83.5 Å². The molecule has 0 rings (SSSR count). The van der Waals surface area contributed by atoms with Gasteiger partial charge in [-0.1, -0.05) is 90.4 Å². The second kappa shape index (κ2) is 18.5. The molecule has 0 saturated heterocycles. The highest BCUT2D eigenvalue weighted by molar-refractivity contribution is 5.69. The van der Waals surface area contributed by atoms with Crippen molar-refractivity contribution < 1.29 is 9.53 Å². The molecule has 0 unspecified atom stereocenters. The highest BCUT2D eigenvalue weighted by Crippen LogP contribution is 2.12. The molecular weight excluding hydrogens is 274 g/mol. The third-order valence-electron chi connectivity index (χ3n) is 4.11. The summed E-state index contributed by atoms with van der Waals surface area (Å²) < 4.78 is 5.07. The zero-order valence-electron chi connectivity index (χ0n) is 14.9. The summed E-state index contributed by atoms with van der Waals surface area (Å²) in [6.07, 6.45) is 19.2. The van der Waals surface area contributed by atoms with Crippen LogP contribution in [0.3, 0.4) is 0 Å².